The maximum absolute atomic E-state index is 6.88. The molecule has 5 heteroatoms. The molecule has 2 aliphatic rings. The normalized spacial score (nSPS) is 13.2. The lowest BCUT2D eigenvalue weighted by Crippen LogP contribution is -2.25. The van der Waals surface area contributed by atoms with E-state index in [-0.39, 0.29) is 11.3 Å². The van der Waals surface area contributed by atoms with Gasteiger partial charge in [-0.1, -0.05) is 166 Å². The number of anilines is 4. The summed E-state index contributed by atoms with van der Waals surface area (Å²) in [5, 5.41) is 2.32. The van der Waals surface area contributed by atoms with Gasteiger partial charge in [0.05, 0.1) is 28.1 Å². The quantitative estimate of drug-likeness (QED) is 0.152. The number of fused-ring (bicyclic) bond motifs is 7. The third-order valence-electron chi connectivity index (χ3n) is 14.3. The number of para-hydroxylation sites is 3. The highest BCUT2D eigenvalue weighted by Crippen LogP contribution is 2.52. The Hall–Kier alpha value is -8.67. The zero-order valence-electron chi connectivity index (χ0n) is 39.4. The SMILES string of the molecule is CC(C)(C)c1cc(-c2ccccc2)c(N2CN(c3cccc(Oc4ccc5c6ccccc6n(-c6cc(C7c8ccccc8-c8ccccc87)ccn6)c5c4)c3)c3ccccc32)c(-c2ccccc2)c1. The number of aromatic nitrogens is 2. The molecule has 0 atom stereocenters. The number of pyridine rings is 1. The maximum Gasteiger partial charge on any atom is 0.137 e. The number of hydrogen-bond donors (Lipinski definition) is 0. The molecule has 0 fully saturated rings. The van der Waals surface area contributed by atoms with Gasteiger partial charge in [-0.25, -0.2) is 4.98 Å². The molecule has 9 aromatic carbocycles. The van der Waals surface area contributed by atoms with E-state index in [1.54, 1.807) is 0 Å². The van der Waals surface area contributed by atoms with E-state index in [4.69, 9.17) is 9.72 Å². The lowest BCUT2D eigenvalue weighted by molar-refractivity contribution is 0.483. The number of rotatable bonds is 8. The van der Waals surface area contributed by atoms with Crippen molar-refractivity contribution < 1.29 is 4.74 Å². The zero-order chi connectivity index (χ0) is 46.9. The third-order valence-corrected chi connectivity index (χ3v) is 14.3. The summed E-state index contributed by atoms with van der Waals surface area (Å²) in [5.74, 6) is 2.51. The van der Waals surface area contributed by atoms with Crippen molar-refractivity contribution in [2.75, 3.05) is 16.5 Å². The zero-order valence-corrected chi connectivity index (χ0v) is 39.4. The van der Waals surface area contributed by atoms with Crippen LogP contribution in [0.25, 0.3) is 61.0 Å². The Morgan fingerprint density at radius 1 is 0.471 bits per heavy atom. The van der Waals surface area contributed by atoms with Crippen molar-refractivity contribution in [2.45, 2.75) is 32.1 Å². The van der Waals surface area contributed by atoms with E-state index in [9.17, 15) is 0 Å². The molecule has 0 N–H and O–H groups in total. The van der Waals surface area contributed by atoms with Crippen molar-refractivity contribution in [3.63, 3.8) is 0 Å². The molecule has 0 saturated heterocycles. The number of hydrogen-bond acceptors (Lipinski definition) is 4. The van der Waals surface area contributed by atoms with Crippen LogP contribution in [0.3, 0.4) is 0 Å². The molecular weight excluding hydrogens is 853 g/mol. The molecular formula is C65H50N4O. The van der Waals surface area contributed by atoms with Crippen molar-refractivity contribution in [2.24, 2.45) is 0 Å². The highest BCUT2D eigenvalue weighted by Gasteiger charge is 2.33. The van der Waals surface area contributed by atoms with Crippen molar-refractivity contribution in [3.8, 4) is 50.7 Å². The van der Waals surface area contributed by atoms with Crippen LogP contribution in [-0.4, -0.2) is 16.2 Å². The van der Waals surface area contributed by atoms with E-state index in [1.165, 1.54) is 66.7 Å². The number of nitrogens with zero attached hydrogens (tertiary/aromatic N) is 4. The Balaban J connectivity index is 0.877. The van der Waals surface area contributed by atoms with E-state index in [0.717, 1.165) is 50.8 Å². The predicted octanol–water partition coefficient (Wildman–Crippen LogP) is 17.0. The monoisotopic (exact) mass is 902 g/mol. The molecule has 0 radical (unpaired) electrons. The molecule has 5 nitrogen and oxygen atoms in total. The van der Waals surface area contributed by atoms with E-state index in [1.807, 2.05) is 6.20 Å². The number of benzene rings is 9. The fourth-order valence-corrected chi connectivity index (χ4v) is 11.0. The Bertz CT molecular complexity index is 3690. The Labute approximate surface area is 409 Å². The first-order valence-electron chi connectivity index (χ1n) is 24.2. The van der Waals surface area contributed by atoms with Gasteiger partial charge in [-0.15, -0.1) is 0 Å². The molecule has 0 amide bonds. The fourth-order valence-electron chi connectivity index (χ4n) is 11.0. The van der Waals surface area contributed by atoms with Gasteiger partial charge in [0, 0.05) is 51.8 Å². The summed E-state index contributed by atoms with van der Waals surface area (Å²) in [7, 11) is 0. The Kier molecular flexibility index (Phi) is 9.81. The summed E-state index contributed by atoms with van der Waals surface area (Å²) in [4.78, 5) is 9.96. The molecule has 70 heavy (non-hydrogen) atoms. The van der Waals surface area contributed by atoms with Gasteiger partial charge < -0.3 is 14.5 Å². The lowest BCUT2D eigenvalue weighted by atomic mass is 9.82. The molecule has 0 bridgehead atoms. The first kappa shape index (κ1) is 41.5. The van der Waals surface area contributed by atoms with Crippen LogP contribution >= 0.6 is 0 Å². The summed E-state index contributed by atoms with van der Waals surface area (Å²) in [6, 6.07) is 80.9. The van der Waals surface area contributed by atoms with Crippen molar-refractivity contribution >= 4 is 44.6 Å². The maximum atomic E-state index is 6.88. The topological polar surface area (TPSA) is 33.5 Å². The summed E-state index contributed by atoms with van der Waals surface area (Å²) >= 11 is 0. The van der Waals surface area contributed by atoms with E-state index >= 15 is 0 Å². The minimum Gasteiger partial charge on any atom is -0.457 e. The first-order valence-corrected chi connectivity index (χ1v) is 24.2. The van der Waals surface area contributed by atoms with Gasteiger partial charge in [0.25, 0.3) is 0 Å². The van der Waals surface area contributed by atoms with E-state index < -0.39 is 0 Å². The van der Waals surface area contributed by atoms with Gasteiger partial charge in [-0.2, -0.15) is 0 Å². The highest BCUT2D eigenvalue weighted by molar-refractivity contribution is 6.09. The van der Waals surface area contributed by atoms with Gasteiger partial charge in [0.2, 0.25) is 0 Å². The molecule has 336 valence electrons. The minimum absolute atomic E-state index is 0.0554. The molecule has 2 aromatic heterocycles. The lowest BCUT2D eigenvalue weighted by Gasteiger charge is -2.30. The summed E-state index contributed by atoms with van der Waals surface area (Å²) in [5.41, 5.74) is 19.2. The summed E-state index contributed by atoms with van der Waals surface area (Å²) < 4.78 is 9.17. The molecule has 0 spiro atoms. The minimum atomic E-state index is -0.0554. The second-order valence-corrected chi connectivity index (χ2v) is 19.6. The smallest absolute Gasteiger partial charge is 0.137 e. The Morgan fingerprint density at radius 3 is 1.74 bits per heavy atom. The molecule has 1 aliphatic heterocycles. The first-order chi connectivity index (χ1) is 34.4. The molecule has 3 heterocycles. The average Bonchev–Trinajstić information content (AvgIpc) is 4.07. The third kappa shape index (κ3) is 6.96. The largest absolute Gasteiger partial charge is 0.457 e. The van der Waals surface area contributed by atoms with Crippen molar-refractivity contribution in [1.82, 2.24) is 9.55 Å². The van der Waals surface area contributed by atoms with Gasteiger partial charge in [-0.3, -0.25) is 4.57 Å². The average molecular weight is 903 g/mol. The van der Waals surface area contributed by atoms with Crippen molar-refractivity contribution in [1.29, 1.82) is 0 Å². The summed E-state index contributed by atoms with van der Waals surface area (Å²) in [6.45, 7) is 7.53. The standard InChI is InChI=1S/C65H50N4O/c1-65(2,3)46-38-56(43-19-6-4-7-20-43)64(57(39-46)44-21-8-5-9-22-44)68-42-67(59-31-16-17-32-60(59)68)47-23-18-24-48(40-47)70-49-33-34-53-52-27-14-15-30-58(52)69(61(53)41-49)62-37-45(35-36-66-62)63-54-28-12-10-25-50(54)51-26-11-13-29-55(51)63/h4-41,63H,42H2,1-3H3. The van der Waals surface area contributed by atoms with Crippen LogP contribution < -0.4 is 14.5 Å². The van der Waals surface area contributed by atoms with Crippen LogP contribution in [0.1, 0.15) is 48.9 Å². The highest BCUT2D eigenvalue weighted by atomic mass is 16.5. The van der Waals surface area contributed by atoms with E-state index in [0.29, 0.717) is 6.67 Å². The molecule has 11 aromatic rings. The van der Waals surface area contributed by atoms with Crippen LogP contribution in [0.15, 0.2) is 231 Å². The van der Waals surface area contributed by atoms with Crippen LogP contribution in [0.5, 0.6) is 11.5 Å². The molecule has 13 rings (SSSR count). The molecule has 0 unspecified atom stereocenters. The van der Waals surface area contributed by atoms with Gasteiger partial charge in [-0.05, 0) is 117 Å². The fraction of sp³-hybridized carbons (Fsp3) is 0.0923. The summed E-state index contributed by atoms with van der Waals surface area (Å²) in [6.07, 6.45) is 1.96. The Morgan fingerprint density at radius 2 is 1.06 bits per heavy atom. The van der Waals surface area contributed by atoms with Gasteiger partial charge in [0.15, 0.2) is 0 Å². The number of ether oxygens (including phenoxy) is 1. The molecule has 0 saturated carbocycles. The van der Waals surface area contributed by atoms with Gasteiger partial charge in [0.1, 0.15) is 24.0 Å². The molecule has 1 aliphatic carbocycles. The second kappa shape index (κ2) is 16.5. The van der Waals surface area contributed by atoms with Crippen LogP contribution in [0, 0.1) is 0 Å². The van der Waals surface area contributed by atoms with Crippen LogP contribution in [-0.2, 0) is 5.41 Å². The van der Waals surface area contributed by atoms with E-state index in [2.05, 4.69) is 260 Å². The van der Waals surface area contributed by atoms with Crippen LogP contribution in [0.2, 0.25) is 0 Å². The second-order valence-electron chi connectivity index (χ2n) is 19.6. The van der Waals surface area contributed by atoms with Crippen LogP contribution in [0.4, 0.5) is 22.7 Å². The van der Waals surface area contributed by atoms with Gasteiger partial charge >= 0.3 is 0 Å². The van der Waals surface area contributed by atoms with Crippen molar-refractivity contribution in [3.05, 3.63) is 253 Å². The predicted molar refractivity (Wildman–Crippen MR) is 290 cm³/mol.